The minimum absolute atomic E-state index is 0.0263. The summed E-state index contributed by atoms with van der Waals surface area (Å²) in [5, 5.41) is 22.1. The van der Waals surface area contributed by atoms with Crippen LogP contribution in [0.4, 0.5) is 10.1 Å². The third kappa shape index (κ3) is 2.68. The number of nitrogens with zero attached hydrogens (tertiary/aromatic N) is 1. The van der Waals surface area contributed by atoms with Crippen molar-refractivity contribution in [1.29, 1.82) is 5.26 Å². The van der Waals surface area contributed by atoms with Gasteiger partial charge < -0.3 is 10.4 Å². The number of halogens is 1. The zero-order valence-corrected chi connectivity index (χ0v) is 11.4. The molecular formula is C17H15FN2O. The van der Waals surface area contributed by atoms with Crippen molar-refractivity contribution in [2.24, 2.45) is 0 Å². The van der Waals surface area contributed by atoms with E-state index in [1.54, 1.807) is 18.2 Å². The van der Waals surface area contributed by atoms with Crippen LogP contribution in [-0.2, 0) is 6.42 Å². The molecule has 1 unspecified atom stereocenters. The quantitative estimate of drug-likeness (QED) is 0.878. The Balaban J connectivity index is 1.94. The molecule has 1 aliphatic carbocycles. The van der Waals surface area contributed by atoms with E-state index in [9.17, 15) is 9.50 Å². The number of phenols is 1. The van der Waals surface area contributed by atoms with Gasteiger partial charge in [0.05, 0.1) is 17.3 Å². The molecule has 106 valence electrons. The Labute approximate surface area is 122 Å². The second kappa shape index (κ2) is 5.45. The predicted molar refractivity (Wildman–Crippen MR) is 78.5 cm³/mol. The number of nitriles is 1. The van der Waals surface area contributed by atoms with Gasteiger partial charge in [0.15, 0.2) is 0 Å². The van der Waals surface area contributed by atoms with Crippen LogP contribution in [0.5, 0.6) is 5.75 Å². The SMILES string of the molecule is N#Cc1cc(F)ccc1NC1CCCc2ccc(O)cc21. The van der Waals surface area contributed by atoms with E-state index in [2.05, 4.69) is 5.32 Å². The number of hydrogen-bond acceptors (Lipinski definition) is 3. The van der Waals surface area contributed by atoms with E-state index in [1.807, 2.05) is 12.1 Å². The maximum Gasteiger partial charge on any atom is 0.124 e. The van der Waals surface area contributed by atoms with E-state index in [0.29, 0.717) is 11.3 Å². The molecule has 1 aliphatic rings. The average molecular weight is 282 g/mol. The first-order chi connectivity index (χ1) is 10.2. The minimum atomic E-state index is -0.418. The second-order valence-electron chi connectivity index (χ2n) is 5.27. The molecule has 0 bridgehead atoms. The van der Waals surface area contributed by atoms with Crippen LogP contribution in [0.2, 0.25) is 0 Å². The highest BCUT2D eigenvalue weighted by molar-refractivity contribution is 5.59. The summed E-state index contributed by atoms with van der Waals surface area (Å²) in [5.74, 6) is -0.180. The van der Waals surface area contributed by atoms with Crippen LogP contribution in [-0.4, -0.2) is 5.11 Å². The van der Waals surface area contributed by atoms with Gasteiger partial charge in [-0.15, -0.1) is 0 Å². The third-order valence-electron chi connectivity index (χ3n) is 3.88. The van der Waals surface area contributed by atoms with Crippen LogP contribution in [0.25, 0.3) is 0 Å². The maximum atomic E-state index is 13.2. The van der Waals surface area contributed by atoms with E-state index in [0.717, 1.165) is 24.8 Å². The van der Waals surface area contributed by atoms with Gasteiger partial charge in [0.25, 0.3) is 0 Å². The molecule has 0 aromatic heterocycles. The first kappa shape index (κ1) is 13.4. The molecule has 0 saturated carbocycles. The molecule has 1 atom stereocenters. The van der Waals surface area contributed by atoms with Crippen molar-refractivity contribution < 1.29 is 9.50 Å². The molecular weight excluding hydrogens is 267 g/mol. The van der Waals surface area contributed by atoms with Crippen LogP contribution in [0, 0.1) is 17.1 Å². The maximum absolute atomic E-state index is 13.2. The molecule has 0 fully saturated rings. The Kier molecular flexibility index (Phi) is 3.49. The number of fused-ring (bicyclic) bond motifs is 1. The van der Waals surface area contributed by atoms with Crippen LogP contribution >= 0.6 is 0 Å². The summed E-state index contributed by atoms with van der Waals surface area (Å²) in [5.41, 5.74) is 3.18. The second-order valence-corrected chi connectivity index (χ2v) is 5.27. The van der Waals surface area contributed by atoms with Gasteiger partial charge >= 0.3 is 0 Å². The van der Waals surface area contributed by atoms with Crippen molar-refractivity contribution in [2.75, 3.05) is 5.32 Å². The summed E-state index contributed by atoms with van der Waals surface area (Å²) in [6.45, 7) is 0. The fraction of sp³-hybridized carbons (Fsp3) is 0.235. The monoisotopic (exact) mass is 282 g/mol. The van der Waals surface area contributed by atoms with Crippen molar-refractivity contribution >= 4 is 5.69 Å². The molecule has 2 aromatic carbocycles. The largest absolute Gasteiger partial charge is 0.508 e. The van der Waals surface area contributed by atoms with E-state index >= 15 is 0 Å². The van der Waals surface area contributed by atoms with Crippen LogP contribution in [0.3, 0.4) is 0 Å². The van der Waals surface area contributed by atoms with E-state index < -0.39 is 5.82 Å². The van der Waals surface area contributed by atoms with Crippen LogP contribution < -0.4 is 5.32 Å². The standard InChI is InChI=1S/C17H15FN2O/c18-13-5-7-16(12(8-13)10-19)20-17-3-1-2-11-4-6-14(21)9-15(11)17/h4-9,17,20-21H,1-3H2. The first-order valence-corrected chi connectivity index (χ1v) is 6.95. The van der Waals surface area contributed by atoms with Gasteiger partial charge in [-0.1, -0.05) is 6.07 Å². The molecule has 0 aliphatic heterocycles. The van der Waals surface area contributed by atoms with Gasteiger partial charge in [-0.05, 0) is 60.7 Å². The van der Waals surface area contributed by atoms with Crippen LogP contribution in [0.15, 0.2) is 36.4 Å². The zero-order chi connectivity index (χ0) is 14.8. The lowest BCUT2D eigenvalue weighted by atomic mass is 9.87. The number of hydrogen-bond donors (Lipinski definition) is 2. The van der Waals surface area contributed by atoms with Gasteiger partial charge in [-0.2, -0.15) is 5.26 Å². The van der Waals surface area contributed by atoms with E-state index in [1.165, 1.54) is 17.7 Å². The number of benzene rings is 2. The number of aromatic hydroxyl groups is 1. The Hall–Kier alpha value is -2.54. The third-order valence-corrected chi connectivity index (χ3v) is 3.88. The molecule has 21 heavy (non-hydrogen) atoms. The normalized spacial score (nSPS) is 16.9. The fourth-order valence-corrected chi connectivity index (χ4v) is 2.86. The van der Waals surface area contributed by atoms with Gasteiger partial charge in [0, 0.05) is 0 Å². The number of aryl methyl sites for hydroxylation is 1. The lowest BCUT2D eigenvalue weighted by molar-refractivity contribution is 0.471. The predicted octanol–water partition coefficient (Wildman–Crippen LogP) is 3.89. The lowest BCUT2D eigenvalue weighted by Gasteiger charge is -2.27. The highest BCUT2D eigenvalue weighted by Gasteiger charge is 2.21. The van der Waals surface area contributed by atoms with Crippen molar-refractivity contribution in [3.05, 3.63) is 58.9 Å². The summed E-state index contributed by atoms with van der Waals surface area (Å²) >= 11 is 0. The molecule has 2 N–H and O–H groups in total. The average Bonchev–Trinajstić information content (AvgIpc) is 2.49. The van der Waals surface area contributed by atoms with E-state index in [-0.39, 0.29) is 11.8 Å². The molecule has 3 nitrogen and oxygen atoms in total. The first-order valence-electron chi connectivity index (χ1n) is 6.95. The molecule has 2 aromatic rings. The topological polar surface area (TPSA) is 56.0 Å². The lowest BCUT2D eigenvalue weighted by Crippen LogP contribution is -2.17. The Morgan fingerprint density at radius 2 is 2.10 bits per heavy atom. The molecule has 0 amide bonds. The van der Waals surface area contributed by atoms with Crippen molar-refractivity contribution in [3.63, 3.8) is 0 Å². The molecule has 0 heterocycles. The van der Waals surface area contributed by atoms with Gasteiger partial charge in [0.2, 0.25) is 0 Å². The number of anilines is 1. The van der Waals surface area contributed by atoms with Crippen molar-refractivity contribution in [3.8, 4) is 11.8 Å². The number of rotatable bonds is 2. The molecule has 4 heteroatoms. The minimum Gasteiger partial charge on any atom is -0.508 e. The molecule has 0 spiro atoms. The van der Waals surface area contributed by atoms with Gasteiger partial charge in [0.1, 0.15) is 17.6 Å². The summed E-state index contributed by atoms with van der Waals surface area (Å²) in [6, 6.07) is 11.6. The van der Waals surface area contributed by atoms with Gasteiger partial charge in [-0.3, -0.25) is 0 Å². The van der Waals surface area contributed by atoms with Gasteiger partial charge in [-0.25, -0.2) is 4.39 Å². The molecule has 0 saturated heterocycles. The summed E-state index contributed by atoms with van der Waals surface area (Å²) in [6.07, 6.45) is 2.94. The Bertz CT molecular complexity index is 721. The molecule has 0 radical (unpaired) electrons. The number of nitrogens with one attached hydrogen (secondary N) is 1. The Morgan fingerprint density at radius 3 is 2.90 bits per heavy atom. The summed E-state index contributed by atoms with van der Waals surface area (Å²) in [7, 11) is 0. The summed E-state index contributed by atoms with van der Waals surface area (Å²) in [4.78, 5) is 0. The fourth-order valence-electron chi connectivity index (χ4n) is 2.86. The zero-order valence-electron chi connectivity index (χ0n) is 11.4. The molecule has 3 rings (SSSR count). The number of phenolic OH excluding ortho intramolecular Hbond substituents is 1. The van der Waals surface area contributed by atoms with Crippen molar-refractivity contribution in [1.82, 2.24) is 0 Å². The summed E-state index contributed by atoms with van der Waals surface area (Å²) < 4.78 is 13.2. The highest BCUT2D eigenvalue weighted by atomic mass is 19.1. The Morgan fingerprint density at radius 1 is 1.24 bits per heavy atom. The van der Waals surface area contributed by atoms with E-state index in [4.69, 9.17) is 5.26 Å². The smallest absolute Gasteiger partial charge is 0.124 e. The van der Waals surface area contributed by atoms with Crippen LogP contribution in [0.1, 0.15) is 35.6 Å². The highest BCUT2D eigenvalue weighted by Crippen LogP contribution is 2.35. The van der Waals surface area contributed by atoms with Crippen molar-refractivity contribution in [2.45, 2.75) is 25.3 Å².